The van der Waals surface area contributed by atoms with Crippen molar-refractivity contribution in [2.24, 2.45) is 0 Å². The number of piperidine rings is 1. The Morgan fingerprint density at radius 2 is 1.84 bits per heavy atom. The van der Waals surface area contributed by atoms with Crippen LogP contribution in [0.4, 0.5) is 0 Å². The number of likely N-dealkylation sites (tertiary alicyclic amines) is 1. The van der Waals surface area contributed by atoms with Crippen LogP contribution >= 0.6 is 0 Å². The molecule has 0 radical (unpaired) electrons. The van der Waals surface area contributed by atoms with Gasteiger partial charge in [0, 0.05) is 37.1 Å². The van der Waals surface area contributed by atoms with Crippen LogP contribution in [0.5, 0.6) is 11.5 Å². The predicted octanol–water partition coefficient (Wildman–Crippen LogP) is 2.72. The van der Waals surface area contributed by atoms with Crippen LogP contribution in [-0.4, -0.2) is 57.1 Å². The quantitative estimate of drug-likeness (QED) is 0.838. The van der Waals surface area contributed by atoms with Gasteiger partial charge in [0.1, 0.15) is 0 Å². The largest absolute Gasteiger partial charge is 0.493 e. The van der Waals surface area contributed by atoms with E-state index in [4.69, 9.17) is 18.9 Å². The van der Waals surface area contributed by atoms with Crippen molar-refractivity contribution in [3.05, 3.63) is 29.3 Å². The molecule has 2 aliphatic heterocycles. The second kappa shape index (κ2) is 7.45. The molecule has 25 heavy (non-hydrogen) atoms. The van der Waals surface area contributed by atoms with E-state index in [1.807, 2.05) is 30.0 Å². The first-order valence-corrected chi connectivity index (χ1v) is 8.58. The lowest BCUT2D eigenvalue weighted by Gasteiger charge is -2.37. The number of nitrogens with zero attached hydrogens (tertiary/aromatic N) is 1. The molecule has 2 aliphatic rings. The number of methoxy groups -OCH3 is 2. The Morgan fingerprint density at radius 3 is 2.40 bits per heavy atom. The molecule has 1 amide bonds. The summed E-state index contributed by atoms with van der Waals surface area (Å²) >= 11 is 0. The Kier molecular flexibility index (Phi) is 5.30. The zero-order chi connectivity index (χ0) is 17.9. The Balaban J connectivity index is 1.81. The minimum atomic E-state index is -0.482. The van der Waals surface area contributed by atoms with Gasteiger partial charge in [-0.1, -0.05) is 12.2 Å². The van der Waals surface area contributed by atoms with Crippen molar-refractivity contribution in [1.29, 1.82) is 0 Å². The molecule has 1 aromatic carbocycles. The maximum atomic E-state index is 13.0. The van der Waals surface area contributed by atoms with Crippen molar-refractivity contribution in [2.45, 2.75) is 25.6 Å². The highest BCUT2D eigenvalue weighted by Crippen LogP contribution is 2.35. The van der Waals surface area contributed by atoms with Crippen molar-refractivity contribution in [2.75, 3.05) is 40.5 Å². The highest BCUT2D eigenvalue weighted by molar-refractivity contribution is 5.96. The number of benzene rings is 1. The van der Waals surface area contributed by atoms with Gasteiger partial charge in [0.2, 0.25) is 0 Å². The second-order valence-electron chi connectivity index (χ2n) is 6.20. The van der Waals surface area contributed by atoms with E-state index in [2.05, 4.69) is 0 Å². The fourth-order valence-electron chi connectivity index (χ4n) is 3.44. The minimum absolute atomic E-state index is 0.0143. The third-order valence-corrected chi connectivity index (χ3v) is 4.73. The van der Waals surface area contributed by atoms with Crippen molar-refractivity contribution < 1.29 is 23.7 Å². The molecule has 3 rings (SSSR count). The maximum absolute atomic E-state index is 13.0. The summed E-state index contributed by atoms with van der Waals surface area (Å²) < 4.78 is 22.3. The SMILES string of the molecule is C/C=C\c1cc(C(=O)N2CCC3(CC2)OCCO3)cc(OC)c1OC. The summed E-state index contributed by atoms with van der Waals surface area (Å²) in [6.07, 6.45) is 5.22. The topological polar surface area (TPSA) is 57.2 Å². The molecule has 0 aliphatic carbocycles. The van der Waals surface area contributed by atoms with Crippen LogP contribution in [0.15, 0.2) is 18.2 Å². The molecule has 0 atom stereocenters. The van der Waals surface area contributed by atoms with E-state index in [1.165, 1.54) is 0 Å². The molecule has 1 aromatic rings. The highest BCUT2D eigenvalue weighted by Gasteiger charge is 2.41. The fourth-order valence-corrected chi connectivity index (χ4v) is 3.44. The first kappa shape index (κ1) is 17.8. The molecule has 2 fully saturated rings. The van der Waals surface area contributed by atoms with E-state index in [1.54, 1.807) is 20.3 Å². The van der Waals surface area contributed by atoms with Gasteiger partial charge >= 0.3 is 0 Å². The average Bonchev–Trinajstić information content (AvgIpc) is 3.09. The Bertz CT molecular complexity index is 654. The lowest BCUT2D eigenvalue weighted by Crippen LogP contribution is -2.47. The summed E-state index contributed by atoms with van der Waals surface area (Å²) in [5, 5.41) is 0. The molecule has 0 aromatic heterocycles. The summed E-state index contributed by atoms with van der Waals surface area (Å²) in [5.74, 6) is 0.684. The number of rotatable bonds is 4. The van der Waals surface area contributed by atoms with Gasteiger partial charge in [-0.2, -0.15) is 0 Å². The van der Waals surface area contributed by atoms with Crippen LogP contribution in [-0.2, 0) is 9.47 Å². The predicted molar refractivity (Wildman–Crippen MR) is 94.0 cm³/mol. The normalized spacial score (nSPS) is 19.6. The van der Waals surface area contributed by atoms with Crippen LogP contribution < -0.4 is 9.47 Å². The summed E-state index contributed by atoms with van der Waals surface area (Å²) in [5.41, 5.74) is 1.42. The van der Waals surface area contributed by atoms with E-state index in [0.717, 1.165) is 5.56 Å². The fraction of sp³-hybridized carbons (Fsp3) is 0.526. The summed E-state index contributed by atoms with van der Waals surface area (Å²) in [6.45, 7) is 4.43. The smallest absolute Gasteiger partial charge is 0.254 e. The van der Waals surface area contributed by atoms with Crippen molar-refractivity contribution >= 4 is 12.0 Å². The summed E-state index contributed by atoms with van der Waals surface area (Å²) in [7, 11) is 3.17. The highest BCUT2D eigenvalue weighted by atomic mass is 16.7. The van der Waals surface area contributed by atoms with Gasteiger partial charge in [-0.3, -0.25) is 4.79 Å². The van der Waals surface area contributed by atoms with Crippen LogP contribution in [0.25, 0.3) is 6.08 Å². The molecule has 0 bridgehead atoms. The van der Waals surface area contributed by atoms with E-state index in [-0.39, 0.29) is 5.91 Å². The van der Waals surface area contributed by atoms with Gasteiger partial charge in [0.15, 0.2) is 17.3 Å². The third-order valence-electron chi connectivity index (χ3n) is 4.73. The molecule has 2 heterocycles. The van der Waals surface area contributed by atoms with Gasteiger partial charge < -0.3 is 23.8 Å². The number of carbonyl (C=O) groups excluding carboxylic acids is 1. The number of carbonyl (C=O) groups is 1. The van der Waals surface area contributed by atoms with Crippen LogP contribution in [0.1, 0.15) is 35.7 Å². The van der Waals surface area contributed by atoms with Gasteiger partial charge in [-0.25, -0.2) is 0 Å². The van der Waals surface area contributed by atoms with Crippen LogP contribution in [0.3, 0.4) is 0 Å². The first-order chi connectivity index (χ1) is 12.1. The van der Waals surface area contributed by atoms with Gasteiger partial charge in [-0.05, 0) is 19.1 Å². The number of hydrogen-bond acceptors (Lipinski definition) is 5. The number of ether oxygens (including phenoxy) is 4. The molecular weight excluding hydrogens is 322 g/mol. The average molecular weight is 347 g/mol. The van der Waals surface area contributed by atoms with E-state index >= 15 is 0 Å². The Labute approximate surface area is 148 Å². The first-order valence-electron chi connectivity index (χ1n) is 8.58. The molecule has 136 valence electrons. The molecule has 2 saturated heterocycles. The Hall–Kier alpha value is -2.05. The summed E-state index contributed by atoms with van der Waals surface area (Å²) in [6, 6.07) is 3.58. The number of allylic oxidation sites excluding steroid dienone is 1. The van der Waals surface area contributed by atoms with Crippen LogP contribution in [0.2, 0.25) is 0 Å². The lowest BCUT2D eigenvalue weighted by atomic mass is 10.0. The maximum Gasteiger partial charge on any atom is 0.254 e. The Morgan fingerprint density at radius 1 is 1.16 bits per heavy atom. The molecule has 0 saturated carbocycles. The molecular formula is C19H25NO5. The van der Waals surface area contributed by atoms with Crippen LogP contribution in [0, 0.1) is 0 Å². The molecule has 6 nitrogen and oxygen atoms in total. The standard InChI is InChI=1S/C19H25NO5/c1-4-5-14-12-15(13-16(22-2)17(14)23-3)18(21)20-8-6-19(7-9-20)24-10-11-25-19/h4-5,12-13H,6-11H2,1-3H3/b5-4-. The van der Waals surface area contributed by atoms with E-state index < -0.39 is 5.79 Å². The van der Waals surface area contributed by atoms with Crippen molar-refractivity contribution in [1.82, 2.24) is 4.90 Å². The van der Waals surface area contributed by atoms with Gasteiger partial charge in [0.05, 0.1) is 27.4 Å². The molecule has 1 spiro atoms. The second-order valence-corrected chi connectivity index (χ2v) is 6.20. The van der Waals surface area contributed by atoms with Crippen molar-refractivity contribution in [3.8, 4) is 11.5 Å². The molecule has 6 heteroatoms. The third kappa shape index (κ3) is 3.50. The summed E-state index contributed by atoms with van der Waals surface area (Å²) in [4.78, 5) is 14.8. The minimum Gasteiger partial charge on any atom is -0.493 e. The molecule has 0 N–H and O–H groups in total. The van der Waals surface area contributed by atoms with E-state index in [0.29, 0.717) is 56.2 Å². The number of hydrogen-bond donors (Lipinski definition) is 0. The number of amides is 1. The monoisotopic (exact) mass is 347 g/mol. The van der Waals surface area contributed by atoms with Gasteiger partial charge in [0.25, 0.3) is 5.91 Å². The van der Waals surface area contributed by atoms with E-state index in [9.17, 15) is 4.79 Å². The zero-order valence-electron chi connectivity index (χ0n) is 15.0. The zero-order valence-corrected chi connectivity index (χ0v) is 15.0. The van der Waals surface area contributed by atoms with Gasteiger partial charge in [-0.15, -0.1) is 0 Å². The lowest BCUT2D eigenvalue weighted by molar-refractivity contribution is -0.181. The van der Waals surface area contributed by atoms with Crippen molar-refractivity contribution in [3.63, 3.8) is 0 Å². The molecule has 0 unspecified atom stereocenters.